The molecular weight excluding hydrogens is 256 g/mol. The van der Waals surface area contributed by atoms with Gasteiger partial charge in [0, 0.05) is 24.4 Å². The van der Waals surface area contributed by atoms with Gasteiger partial charge in [0.25, 0.3) is 5.69 Å². The van der Waals surface area contributed by atoms with Gasteiger partial charge < -0.3 is 10.7 Å². The SMILES string of the molecule is CC1CCCC(CNc2cc(NN)cc([N+](=O)[O-])c2)C1. The molecule has 20 heavy (non-hydrogen) atoms. The third kappa shape index (κ3) is 3.84. The lowest BCUT2D eigenvalue weighted by Crippen LogP contribution is -2.21. The summed E-state index contributed by atoms with van der Waals surface area (Å²) in [4.78, 5) is 10.5. The van der Waals surface area contributed by atoms with Gasteiger partial charge in [-0.25, -0.2) is 0 Å². The van der Waals surface area contributed by atoms with Crippen molar-refractivity contribution in [3.8, 4) is 0 Å². The molecule has 2 rings (SSSR count). The summed E-state index contributed by atoms with van der Waals surface area (Å²) in [5.74, 6) is 6.77. The molecule has 1 aliphatic carbocycles. The number of nitro groups is 1. The Balaban J connectivity index is 2.01. The van der Waals surface area contributed by atoms with E-state index in [1.54, 1.807) is 12.1 Å². The average Bonchev–Trinajstić information content (AvgIpc) is 2.45. The van der Waals surface area contributed by atoms with Crippen molar-refractivity contribution in [2.45, 2.75) is 32.6 Å². The third-order valence-electron chi connectivity index (χ3n) is 3.94. The molecule has 0 radical (unpaired) electrons. The van der Waals surface area contributed by atoms with Crippen LogP contribution in [0.4, 0.5) is 17.1 Å². The second-order valence-electron chi connectivity index (χ2n) is 5.69. The van der Waals surface area contributed by atoms with Gasteiger partial charge in [0.1, 0.15) is 0 Å². The van der Waals surface area contributed by atoms with Crippen molar-refractivity contribution in [2.24, 2.45) is 17.7 Å². The first-order chi connectivity index (χ1) is 9.58. The Morgan fingerprint density at radius 2 is 2.10 bits per heavy atom. The number of nitrogens with zero attached hydrogens (tertiary/aromatic N) is 1. The molecule has 0 heterocycles. The fourth-order valence-corrected chi connectivity index (χ4v) is 2.91. The largest absolute Gasteiger partial charge is 0.385 e. The van der Waals surface area contributed by atoms with Crippen molar-refractivity contribution >= 4 is 17.1 Å². The number of nitrogen functional groups attached to an aromatic ring is 1. The maximum atomic E-state index is 10.9. The van der Waals surface area contributed by atoms with E-state index < -0.39 is 4.92 Å². The Morgan fingerprint density at radius 3 is 2.75 bits per heavy atom. The van der Waals surface area contributed by atoms with Crippen LogP contribution in [0.1, 0.15) is 32.6 Å². The highest BCUT2D eigenvalue weighted by atomic mass is 16.6. The van der Waals surface area contributed by atoms with Gasteiger partial charge in [-0.15, -0.1) is 0 Å². The van der Waals surface area contributed by atoms with Crippen LogP contribution in [0.5, 0.6) is 0 Å². The summed E-state index contributed by atoms with van der Waals surface area (Å²) in [5.41, 5.74) is 3.79. The van der Waals surface area contributed by atoms with Crippen LogP contribution in [-0.4, -0.2) is 11.5 Å². The lowest BCUT2D eigenvalue weighted by Gasteiger charge is -2.27. The molecule has 2 unspecified atom stereocenters. The first-order valence-electron chi connectivity index (χ1n) is 7.08. The normalized spacial score (nSPS) is 22.3. The minimum atomic E-state index is -0.408. The minimum absolute atomic E-state index is 0.0416. The minimum Gasteiger partial charge on any atom is -0.385 e. The molecule has 0 amide bonds. The summed E-state index contributed by atoms with van der Waals surface area (Å²) >= 11 is 0. The van der Waals surface area contributed by atoms with Crippen LogP contribution in [0.25, 0.3) is 0 Å². The highest BCUT2D eigenvalue weighted by molar-refractivity contribution is 5.63. The predicted octanol–water partition coefficient (Wildman–Crippen LogP) is 3.12. The summed E-state index contributed by atoms with van der Waals surface area (Å²) < 4.78 is 0. The number of hydrazine groups is 1. The van der Waals surface area contributed by atoms with Gasteiger partial charge in [-0.2, -0.15) is 0 Å². The third-order valence-corrected chi connectivity index (χ3v) is 3.94. The molecule has 6 nitrogen and oxygen atoms in total. The molecule has 6 heteroatoms. The van der Waals surface area contributed by atoms with Crippen LogP contribution >= 0.6 is 0 Å². The van der Waals surface area contributed by atoms with Crippen molar-refractivity contribution in [3.05, 3.63) is 28.3 Å². The molecule has 1 aliphatic rings. The second-order valence-corrected chi connectivity index (χ2v) is 5.69. The zero-order valence-electron chi connectivity index (χ0n) is 11.8. The Morgan fingerprint density at radius 1 is 1.35 bits per heavy atom. The summed E-state index contributed by atoms with van der Waals surface area (Å²) in [6.07, 6.45) is 5.05. The topological polar surface area (TPSA) is 93.2 Å². The molecule has 0 aromatic heterocycles. The van der Waals surface area contributed by atoms with Gasteiger partial charge in [0.05, 0.1) is 10.6 Å². The van der Waals surface area contributed by atoms with E-state index in [4.69, 9.17) is 5.84 Å². The maximum absolute atomic E-state index is 10.9. The van der Waals surface area contributed by atoms with Crippen molar-refractivity contribution in [2.75, 3.05) is 17.3 Å². The summed E-state index contributed by atoms with van der Waals surface area (Å²) in [6.45, 7) is 3.14. The number of nitrogens with one attached hydrogen (secondary N) is 2. The van der Waals surface area contributed by atoms with E-state index in [0.29, 0.717) is 11.6 Å². The molecule has 1 saturated carbocycles. The Hall–Kier alpha value is -1.82. The fraction of sp³-hybridized carbons (Fsp3) is 0.571. The molecular formula is C14H22N4O2. The summed E-state index contributed by atoms with van der Waals surface area (Å²) in [7, 11) is 0. The van der Waals surface area contributed by atoms with E-state index >= 15 is 0 Å². The quantitative estimate of drug-likeness (QED) is 0.437. The van der Waals surface area contributed by atoms with Crippen LogP contribution in [0, 0.1) is 22.0 Å². The Labute approximate surface area is 118 Å². The molecule has 2 atom stereocenters. The molecule has 0 aliphatic heterocycles. The van der Waals surface area contributed by atoms with Crippen LogP contribution in [0.3, 0.4) is 0 Å². The van der Waals surface area contributed by atoms with Crippen molar-refractivity contribution in [1.29, 1.82) is 0 Å². The number of hydrogen-bond donors (Lipinski definition) is 3. The lowest BCUT2D eigenvalue weighted by atomic mass is 9.82. The molecule has 1 aromatic rings. The van der Waals surface area contributed by atoms with Gasteiger partial charge in [0.2, 0.25) is 0 Å². The fourth-order valence-electron chi connectivity index (χ4n) is 2.91. The van der Waals surface area contributed by atoms with Gasteiger partial charge in [-0.1, -0.05) is 19.8 Å². The Kier molecular flexibility index (Phi) is 4.79. The number of anilines is 2. The Bertz CT molecular complexity index is 478. The second kappa shape index (κ2) is 6.56. The van der Waals surface area contributed by atoms with Crippen LogP contribution in [-0.2, 0) is 0 Å². The summed E-state index contributed by atoms with van der Waals surface area (Å²) in [6, 6.07) is 4.76. The number of nitro benzene ring substituents is 1. The molecule has 0 bridgehead atoms. The molecule has 110 valence electrons. The predicted molar refractivity (Wildman–Crippen MR) is 80.5 cm³/mol. The molecule has 0 spiro atoms. The van der Waals surface area contributed by atoms with E-state index in [0.717, 1.165) is 18.2 Å². The summed E-state index contributed by atoms with van der Waals surface area (Å²) in [5, 5.41) is 14.2. The van der Waals surface area contributed by atoms with Gasteiger partial charge in [-0.3, -0.25) is 16.0 Å². The van der Waals surface area contributed by atoms with Crippen LogP contribution in [0.15, 0.2) is 18.2 Å². The monoisotopic (exact) mass is 278 g/mol. The number of non-ortho nitro benzene ring substituents is 1. The number of benzene rings is 1. The van der Waals surface area contributed by atoms with E-state index in [-0.39, 0.29) is 5.69 Å². The first-order valence-corrected chi connectivity index (χ1v) is 7.08. The molecule has 1 aromatic carbocycles. The zero-order valence-corrected chi connectivity index (χ0v) is 11.8. The van der Waals surface area contributed by atoms with E-state index in [1.165, 1.54) is 31.7 Å². The van der Waals surface area contributed by atoms with E-state index in [9.17, 15) is 10.1 Å². The van der Waals surface area contributed by atoms with E-state index in [2.05, 4.69) is 17.7 Å². The van der Waals surface area contributed by atoms with Gasteiger partial charge in [-0.05, 0) is 30.7 Å². The van der Waals surface area contributed by atoms with Gasteiger partial charge >= 0.3 is 0 Å². The molecule has 1 fully saturated rings. The standard InChI is InChI=1S/C14H22N4O2/c1-10-3-2-4-11(5-10)9-16-12-6-13(17-15)8-14(7-12)18(19)20/h6-8,10-11,16-17H,2-5,9,15H2,1H3. The van der Waals surface area contributed by atoms with Crippen molar-refractivity contribution < 1.29 is 4.92 Å². The lowest BCUT2D eigenvalue weighted by molar-refractivity contribution is -0.384. The first kappa shape index (κ1) is 14.6. The number of nitrogens with two attached hydrogens (primary N) is 1. The van der Waals surface area contributed by atoms with Crippen LogP contribution < -0.4 is 16.6 Å². The highest BCUT2D eigenvalue weighted by Gasteiger charge is 2.19. The van der Waals surface area contributed by atoms with Gasteiger partial charge in [0.15, 0.2) is 0 Å². The maximum Gasteiger partial charge on any atom is 0.273 e. The average molecular weight is 278 g/mol. The number of rotatable bonds is 5. The zero-order chi connectivity index (χ0) is 14.5. The number of hydrogen-bond acceptors (Lipinski definition) is 5. The van der Waals surface area contributed by atoms with Crippen molar-refractivity contribution in [1.82, 2.24) is 0 Å². The van der Waals surface area contributed by atoms with Crippen molar-refractivity contribution in [3.63, 3.8) is 0 Å². The molecule has 4 N–H and O–H groups in total. The van der Waals surface area contributed by atoms with Crippen LogP contribution in [0.2, 0.25) is 0 Å². The smallest absolute Gasteiger partial charge is 0.273 e. The highest BCUT2D eigenvalue weighted by Crippen LogP contribution is 2.29. The van der Waals surface area contributed by atoms with E-state index in [1.807, 2.05) is 0 Å². The molecule has 0 saturated heterocycles.